The first kappa shape index (κ1) is 14.8. The second-order valence-corrected chi connectivity index (χ2v) is 6.11. The Hall–Kier alpha value is -2.11. The third kappa shape index (κ3) is 2.53. The van der Waals surface area contributed by atoms with E-state index < -0.39 is 11.5 Å². The van der Waals surface area contributed by atoms with Crippen molar-refractivity contribution in [2.75, 3.05) is 13.1 Å². The summed E-state index contributed by atoms with van der Waals surface area (Å²) in [5, 5.41) is 9.67. The van der Waals surface area contributed by atoms with Gasteiger partial charge in [0.25, 0.3) is 0 Å². The number of allylic oxidation sites excluding steroid dienone is 2. The highest BCUT2D eigenvalue weighted by Crippen LogP contribution is 2.32. The van der Waals surface area contributed by atoms with E-state index in [1.165, 1.54) is 0 Å². The number of aromatic nitrogens is 2. The van der Waals surface area contributed by atoms with Crippen LogP contribution in [-0.2, 0) is 15.1 Å². The Morgan fingerprint density at radius 2 is 2.00 bits per heavy atom. The van der Waals surface area contributed by atoms with Gasteiger partial charge in [-0.15, -0.1) is 0 Å². The number of hydrogen-bond acceptors (Lipinski definition) is 3. The van der Waals surface area contributed by atoms with E-state index in [0.29, 0.717) is 25.9 Å². The Morgan fingerprint density at radius 1 is 1.23 bits per heavy atom. The van der Waals surface area contributed by atoms with E-state index in [9.17, 15) is 14.7 Å². The van der Waals surface area contributed by atoms with Crippen LogP contribution >= 0.6 is 0 Å². The number of carbonyl (C=O) groups is 2. The number of rotatable bonds is 3. The van der Waals surface area contributed by atoms with Gasteiger partial charge in [-0.1, -0.05) is 12.2 Å². The maximum absolute atomic E-state index is 12.5. The van der Waals surface area contributed by atoms with Crippen molar-refractivity contribution in [3.05, 3.63) is 30.9 Å². The van der Waals surface area contributed by atoms with Gasteiger partial charge in [-0.3, -0.25) is 4.79 Å². The van der Waals surface area contributed by atoms with Crippen LogP contribution in [0.4, 0.5) is 0 Å². The van der Waals surface area contributed by atoms with E-state index in [1.807, 2.05) is 4.90 Å². The molecular formula is C16H21N3O3. The molecule has 1 aromatic rings. The van der Waals surface area contributed by atoms with Crippen LogP contribution < -0.4 is 0 Å². The van der Waals surface area contributed by atoms with Crippen molar-refractivity contribution in [2.45, 2.75) is 37.6 Å². The minimum absolute atomic E-state index is 0.0653. The maximum atomic E-state index is 12.5. The normalized spacial score (nSPS) is 24.2. The molecule has 1 aromatic heterocycles. The molecule has 3 rings (SSSR count). The van der Waals surface area contributed by atoms with Gasteiger partial charge in [0.1, 0.15) is 5.54 Å². The number of piperidine rings is 1. The monoisotopic (exact) mass is 303 g/mol. The molecule has 0 radical (unpaired) electrons. The largest absolute Gasteiger partial charge is 0.479 e. The van der Waals surface area contributed by atoms with E-state index in [2.05, 4.69) is 17.1 Å². The Kier molecular flexibility index (Phi) is 4.00. The van der Waals surface area contributed by atoms with Crippen LogP contribution in [0.5, 0.6) is 0 Å². The fraction of sp³-hybridized carbons (Fsp3) is 0.562. The second kappa shape index (κ2) is 5.94. The Morgan fingerprint density at radius 3 is 2.55 bits per heavy atom. The predicted molar refractivity (Wildman–Crippen MR) is 80.1 cm³/mol. The molecule has 1 aliphatic heterocycles. The molecular weight excluding hydrogens is 282 g/mol. The minimum Gasteiger partial charge on any atom is -0.479 e. The van der Waals surface area contributed by atoms with Crippen LogP contribution in [0.2, 0.25) is 0 Å². The zero-order valence-electron chi connectivity index (χ0n) is 12.5. The third-order valence-corrected chi connectivity index (χ3v) is 4.92. The van der Waals surface area contributed by atoms with Crippen molar-refractivity contribution < 1.29 is 14.7 Å². The van der Waals surface area contributed by atoms with Gasteiger partial charge >= 0.3 is 5.97 Å². The van der Waals surface area contributed by atoms with Gasteiger partial charge in [0, 0.05) is 31.4 Å². The lowest BCUT2D eigenvalue weighted by atomic mass is 9.85. The fourth-order valence-corrected chi connectivity index (χ4v) is 3.47. The summed E-state index contributed by atoms with van der Waals surface area (Å²) in [5.41, 5.74) is -0.972. The lowest BCUT2D eigenvalue weighted by Gasteiger charge is -2.40. The van der Waals surface area contributed by atoms with Crippen LogP contribution in [0.3, 0.4) is 0 Å². The SMILES string of the molecule is O=C([C@@H]1CC=CCC1)N1CCC(C(=O)O)(n2ccnc2)CC1. The molecule has 1 amide bonds. The zero-order chi connectivity index (χ0) is 15.6. The molecule has 2 aliphatic rings. The maximum Gasteiger partial charge on any atom is 0.330 e. The first-order valence-electron chi connectivity index (χ1n) is 7.79. The first-order valence-corrected chi connectivity index (χ1v) is 7.79. The van der Waals surface area contributed by atoms with Gasteiger partial charge in [0.05, 0.1) is 6.33 Å². The van der Waals surface area contributed by atoms with E-state index in [-0.39, 0.29) is 11.8 Å². The molecule has 1 N–H and O–H groups in total. The van der Waals surface area contributed by atoms with Crippen molar-refractivity contribution in [3.63, 3.8) is 0 Å². The van der Waals surface area contributed by atoms with Crippen LogP contribution in [0, 0.1) is 5.92 Å². The van der Waals surface area contributed by atoms with E-state index in [0.717, 1.165) is 19.3 Å². The smallest absolute Gasteiger partial charge is 0.330 e. The number of likely N-dealkylation sites (tertiary alicyclic amines) is 1. The Balaban J connectivity index is 1.69. The van der Waals surface area contributed by atoms with E-state index in [1.54, 1.807) is 23.3 Å². The summed E-state index contributed by atoms with van der Waals surface area (Å²) in [6, 6.07) is 0. The number of carbonyl (C=O) groups excluding carboxylic acids is 1. The Bertz CT molecular complexity index is 571. The average Bonchev–Trinajstić information content (AvgIpc) is 3.10. The lowest BCUT2D eigenvalue weighted by molar-refractivity contribution is -0.153. The number of hydrogen-bond donors (Lipinski definition) is 1. The highest BCUT2D eigenvalue weighted by Gasteiger charge is 2.44. The molecule has 0 spiro atoms. The molecule has 1 saturated heterocycles. The third-order valence-electron chi connectivity index (χ3n) is 4.92. The van der Waals surface area contributed by atoms with E-state index >= 15 is 0 Å². The second-order valence-electron chi connectivity index (χ2n) is 6.11. The highest BCUT2D eigenvalue weighted by atomic mass is 16.4. The van der Waals surface area contributed by atoms with Crippen LogP contribution in [0.15, 0.2) is 30.9 Å². The van der Waals surface area contributed by atoms with Gasteiger partial charge in [-0.2, -0.15) is 0 Å². The number of imidazole rings is 1. The van der Waals surface area contributed by atoms with Crippen molar-refractivity contribution >= 4 is 11.9 Å². The van der Waals surface area contributed by atoms with Gasteiger partial charge in [0.15, 0.2) is 0 Å². The lowest BCUT2D eigenvalue weighted by Crippen LogP contribution is -2.53. The van der Waals surface area contributed by atoms with Crippen LogP contribution in [0.1, 0.15) is 32.1 Å². The fourth-order valence-electron chi connectivity index (χ4n) is 3.47. The number of amides is 1. The predicted octanol–water partition coefficient (Wildman–Crippen LogP) is 1.64. The van der Waals surface area contributed by atoms with Gasteiger partial charge in [-0.25, -0.2) is 9.78 Å². The first-order chi connectivity index (χ1) is 10.6. The molecule has 1 aliphatic carbocycles. The quantitative estimate of drug-likeness (QED) is 0.861. The van der Waals surface area contributed by atoms with Crippen LogP contribution in [-0.4, -0.2) is 44.5 Å². The molecule has 1 atom stereocenters. The summed E-state index contributed by atoms with van der Waals surface area (Å²) in [7, 11) is 0. The van der Waals surface area contributed by atoms with Crippen molar-refractivity contribution in [1.29, 1.82) is 0 Å². The summed E-state index contributed by atoms with van der Waals surface area (Å²) >= 11 is 0. The number of aliphatic carboxylic acids is 1. The molecule has 0 unspecified atom stereocenters. The molecule has 0 aromatic carbocycles. The molecule has 6 nitrogen and oxygen atoms in total. The standard InChI is InChI=1S/C16H21N3O3/c20-14(13-4-2-1-3-5-13)18-9-6-16(7-10-18,15(21)22)19-11-8-17-12-19/h1-2,8,11-13H,3-7,9-10H2,(H,21,22)/t13-/m1/s1. The van der Waals surface area contributed by atoms with E-state index in [4.69, 9.17) is 0 Å². The summed E-state index contributed by atoms with van der Waals surface area (Å²) in [6.07, 6.45) is 12.5. The van der Waals surface area contributed by atoms with Crippen molar-refractivity contribution in [3.8, 4) is 0 Å². The van der Waals surface area contributed by atoms with Crippen molar-refractivity contribution in [1.82, 2.24) is 14.5 Å². The molecule has 0 bridgehead atoms. The molecule has 0 saturated carbocycles. The van der Waals surface area contributed by atoms with Gasteiger partial charge < -0.3 is 14.6 Å². The number of carboxylic acids is 1. The molecule has 2 heterocycles. The molecule has 118 valence electrons. The highest BCUT2D eigenvalue weighted by molar-refractivity contribution is 5.81. The summed E-state index contributed by atoms with van der Waals surface area (Å²) < 4.78 is 1.67. The minimum atomic E-state index is -0.972. The summed E-state index contributed by atoms with van der Waals surface area (Å²) in [5.74, 6) is -0.609. The average molecular weight is 303 g/mol. The van der Waals surface area contributed by atoms with Gasteiger partial charge in [0.2, 0.25) is 5.91 Å². The zero-order valence-corrected chi connectivity index (χ0v) is 12.5. The number of carboxylic acid groups (broad SMARTS) is 1. The number of nitrogens with zero attached hydrogens (tertiary/aromatic N) is 3. The molecule has 1 fully saturated rings. The van der Waals surface area contributed by atoms with Gasteiger partial charge in [-0.05, 0) is 32.1 Å². The summed E-state index contributed by atoms with van der Waals surface area (Å²) in [6.45, 7) is 0.979. The van der Waals surface area contributed by atoms with Crippen LogP contribution in [0.25, 0.3) is 0 Å². The van der Waals surface area contributed by atoms with Crippen molar-refractivity contribution in [2.24, 2.45) is 5.92 Å². The Labute approximate surface area is 129 Å². The molecule has 22 heavy (non-hydrogen) atoms. The summed E-state index contributed by atoms with van der Waals surface area (Å²) in [4.78, 5) is 30.1. The topological polar surface area (TPSA) is 75.4 Å². The molecule has 6 heteroatoms.